The number of halogens is 2. The highest BCUT2D eigenvalue weighted by atomic mass is 35.5. The first-order chi connectivity index (χ1) is 11.6. The Bertz CT molecular complexity index is 851. The van der Waals surface area contributed by atoms with Crippen LogP contribution in [0.2, 0.25) is 10.0 Å². The molecule has 8 heteroatoms. The molecule has 24 heavy (non-hydrogen) atoms. The van der Waals surface area contributed by atoms with Crippen LogP contribution in [0.1, 0.15) is 15.9 Å². The van der Waals surface area contributed by atoms with Crippen LogP contribution in [0.3, 0.4) is 0 Å². The molecule has 1 heterocycles. The van der Waals surface area contributed by atoms with Gasteiger partial charge in [0.05, 0.1) is 11.3 Å². The van der Waals surface area contributed by atoms with E-state index in [1.165, 1.54) is 11.0 Å². The Morgan fingerprint density at radius 1 is 1.12 bits per heavy atom. The average Bonchev–Trinajstić information content (AvgIpc) is 3.09. The van der Waals surface area contributed by atoms with Crippen LogP contribution in [-0.2, 0) is 6.42 Å². The van der Waals surface area contributed by atoms with Crippen LogP contribution in [0.15, 0.2) is 48.8 Å². The lowest BCUT2D eigenvalue weighted by Crippen LogP contribution is -2.27. The number of nitrogens with zero attached hydrogens (tertiary/aromatic N) is 4. The molecule has 6 nitrogen and oxygen atoms in total. The van der Waals surface area contributed by atoms with Gasteiger partial charge in [-0.25, -0.2) is 0 Å². The highest BCUT2D eigenvalue weighted by Gasteiger charge is 2.14. The van der Waals surface area contributed by atoms with Gasteiger partial charge in [-0.2, -0.15) is 4.68 Å². The van der Waals surface area contributed by atoms with Gasteiger partial charge in [-0.1, -0.05) is 35.3 Å². The molecule has 0 aliphatic heterocycles. The van der Waals surface area contributed by atoms with Gasteiger partial charge in [0.25, 0.3) is 5.91 Å². The Hall–Kier alpha value is -2.44. The molecule has 0 aliphatic carbocycles. The number of benzene rings is 2. The molecule has 3 rings (SSSR count). The van der Waals surface area contributed by atoms with E-state index < -0.39 is 0 Å². The summed E-state index contributed by atoms with van der Waals surface area (Å²) in [5.74, 6) is -0.245. The second-order valence-electron chi connectivity index (χ2n) is 5.05. The zero-order chi connectivity index (χ0) is 16.9. The fraction of sp³-hybridized carbons (Fsp3) is 0.125. The maximum Gasteiger partial charge on any atom is 0.253 e. The highest BCUT2D eigenvalue weighted by Crippen LogP contribution is 2.19. The molecule has 0 atom stereocenters. The van der Waals surface area contributed by atoms with Crippen LogP contribution >= 0.6 is 23.2 Å². The predicted molar refractivity (Wildman–Crippen MR) is 91.7 cm³/mol. The number of hydrogen-bond donors (Lipinski definition) is 1. The number of hydrogen-bond acceptors (Lipinski definition) is 4. The summed E-state index contributed by atoms with van der Waals surface area (Å²) >= 11 is 12.0. The van der Waals surface area contributed by atoms with Gasteiger partial charge in [0.15, 0.2) is 0 Å². The minimum absolute atomic E-state index is 0.245. The van der Waals surface area contributed by atoms with Gasteiger partial charge >= 0.3 is 0 Å². The maximum atomic E-state index is 12.5. The molecule has 0 fully saturated rings. The van der Waals surface area contributed by atoms with Crippen LogP contribution < -0.4 is 5.32 Å². The summed E-state index contributed by atoms with van der Waals surface area (Å²) in [4.78, 5) is 12.5. The van der Waals surface area contributed by atoms with Crippen LogP contribution in [-0.4, -0.2) is 32.7 Å². The molecule has 0 aliphatic rings. The highest BCUT2D eigenvalue weighted by molar-refractivity contribution is 6.31. The molecule has 0 radical (unpaired) electrons. The minimum Gasteiger partial charge on any atom is -0.352 e. The van der Waals surface area contributed by atoms with Gasteiger partial charge in [-0.3, -0.25) is 4.79 Å². The van der Waals surface area contributed by atoms with Gasteiger partial charge in [0, 0.05) is 16.6 Å². The van der Waals surface area contributed by atoms with E-state index in [4.69, 9.17) is 23.2 Å². The van der Waals surface area contributed by atoms with Gasteiger partial charge in [0.1, 0.15) is 6.33 Å². The van der Waals surface area contributed by atoms with Crippen LogP contribution in [0.5, 0.6) is 0 Å². The Morgan fingerprint density at radius 2 is 1.96 bits per heavy atom. The first kappa shape index (κ1) is 16.4. The van der Waals surface area contributed by atoms with E-state index in [-0.39, 0.29) is 5.91 Å². The van der Waals surface area contributed by atoms with Gasteiger partial charge < -0.3 is 5.32 Å². The zero-order valence-electron chi connectivity index (χ0n) is 12.5. The van der Waals surface area contributed by atoms with E-state index in [1.54, 1.807) is 18.2 Å². The normalized spacial score (nSPS) is 10.6. The monoisotopic (exact) mass is 361 g/mol. The topological polar surface area (TPSA) is 72.7 Å². The van der Waals surface area contributed by atoms with Crippen molar-refractivity contribution >= 4 is 29.1 Å². The van der Waals surface area contributed by atoms with Gasteiger partial charge in [-0.05, 0) is 52.7 Å². The molecule has 2 aromatic carbocycles. The molecule has 1 aromatic heterocycles. The molecular formula is C16H13Cl2N5O. The summed E-state index contributed by atoms with van der Waals surface area (Å²) in [6.45, 7) is 0.473. The lowest BCUT2D eigenvalue weighted by Gasteiger charge is -2.10. The number of carbonyl (C=O) groups excluding carboxylic acids is 1. The third kappa shape index (κ3) is 3.90. The van der Waals surface area contributed by atoms with Crippen molar-refractivity contribution in [2.75, 3.05) is 6.54 Å². The Balaban J connectivity index is 1.72. The third-order valence-electron chi connectivity index (χ3n) is 3.39. The number of amides is 1. The fourth-order valence-corrected chi connectivity index (χ4v) is 2.65. The summed E-state index contributed by atoms with van der Waals surface area (Å²) in [7, 11) is 0. The van der Waals surface area contributed by atoms with Crippen molar-refractivity contribution in [3.05, 3.63) is 70.0 Å². The van der Waals surface area contributed by atoms with Crippen molar-refractivity contribution in [1.82, 2.24) is 25.5 Å². The first-order valence-electron chi connectivity index (χ1n) is 7.19. The van der Waals surface area contributed by atoms with Gasteiger partial charge in [-0.15, -0.1) is 5.10 Å². The van der Waals surface area contributed by atoms with Crippen molar-refractivity contribution in [3.8, 4) is 5.69 Å². The Kier molecular flexibility index (Phi) is 5.08. The number of tetrazole rings is 1. The van der Waals surface area contributed by atoms with Crippen molar-refractivity contribution in [2.45, 2.75) is 6.42 Å². The summed E-state index contributed by atoms with van der Waals surface area (Å²) in [5.41, 5.74) is 2.01. The molecule has 0 saturated carbocycles. The van der Waals surface area contributed by atoms with E-state index >= 15 is 0 Å². The lowest BCUT2D eigenvalue weighted by molar-refractivity contribution is 0.0954. The summed E-state index contributed by atoms with van der Waals surface area (Å²) in [6.07, 6.45) is 2.10. The molecule has 0 unspecified atom stereocenters. The molecule has 1 N–H and O–H groups in total. The van der Waals surface area contributed by atoms with Crippen LogP contribution in [0.4, 0.5) is 0 Å². The van der Waals surface area contributed by atoms with E-state index in [0.717, 1.165) is 5.56 Å². The quantitative estimate of drug-likeness (QED) is 0.758. The predicted octanol–water partition coefficient (Wildman–Crippen LogP) is 2.94. The lowest BCUT2D eigenvalue weighted by atomic mass is 10.1. The largest absolute Gasteiger partial charge is 0.352 e. The summed E-state index contributed by atoms with van der Waals surface area (Å²) in [5, 5.41) is 15.0. The summed E-state index contributed by atoms with van der Waals surface area (Å²) in [6, 6.07) is 12.5. The molecule has 122 valence electrons. The number of carbonyl (C=O) groups is 1. The van der Waals surface area contributed by atoms with Crippen molar-refractivity contribution in [3.63, 3.8) is 0 Å². The number of nitrogens with one attached hydrogen (secondary N) is 1. The second-order valence-corrected chi connectivity index (χ2v) is 5.92. The van der Waals surface area contributed by atoms with Crippen molar-refractivity contribution in [2.24, 2.45) is 0 Å². The maximum absolute atomic E-state index is 12.5. The third-order valence-corrected chi connectivity index (χ3v) is 3.86. The zero-order valence-corrected chi connectivity index (χ0v) is 14.0. The van der Waals surface area contributed by atoms with Crippen LogP contribution in [0.25, 0.3) is 5.69 Å². The summed E-state index contributed by atoms with van der Waals surface area (Å²) < 4.78 is 1.42. The van der Waals surface area contributed by atoms with E-state index in [2.05, 4.69) is 20.8 Å². The van der Waals surface area contributed by atoms with Crippen LogP contribution in [0, 0.1) is 0 Å². The van der Waals surface area contributed by atoms with Crippen molar-refractivity contribution < 1.29 is 4.79 Å². The fourth-order valence-electron chi connectivity index (χ4n) is 2.27. The first-order valence-corrected chi connectivity index (χ1v) is 7.94. The van der Waals surface area contributed by atoms with Gasteiger partial charge in [0.2, 0.25) is 0 Å². The van der Waals surface area contributed by atoms with E-state index in [9.17, 15) is 4.79 Å². The van der Waals surface area contributed by atoms with E-state index in [0.29, 0.717) is 34.3 Å². The molecule has 1 amide bonds. The molecule has 0 spiro atoms. The Labute approximate surface area is 148 Å². The number of aromatic nitrogens is 4. The standard InChI is InChI=1S/C16H13Cl2N5O/c17-12-3-1-2-11(8-12)6-7-19-16(24)14-9-13(18)4-5-15(14)23-10-20-21-22-23/h1-5,8-10H,6-7H2,(H,19,24). The molecule has 0 saturated heterocycles. The Morgan fingerprint density at radius 3 is 2.71 bits per heavy atom. The van der Waals surface area contributed by atoms with E-state index in [1.807, 2.05) is 24.3 Å². The van der Waals surface area contributed by atoms with Crippen molar-refractivity contribution in [1.29, 1.82) is 0 Å². The smallest absolute Gasteiger partial charge is 0.253 e. The molecule has 3 aromatic rings. The molecule has 0 bridgehead atoms. The molecular weight excluding hydrogens is 349 g/mol. The number of rotatable bonds is 5. The SMILES string of the molecule is O=C(NCCc1cccc(Cl)c1)c1cc(Cl)ccc1-n1cnnn1. The minimum atomic E-state index is -0.245. The second kappa shape index (κ2) is 7.42. The average molecular weight is 362 g/mol.